The number of carboxylic acids is 1. The number of nitrogens with two attached hydrogens (primary N) is 2. The summed E-state index contributed by atoms with van der Waals surface area (Å²) in [6.45, 7) is 0.998. The number of nitrogens with one attached hydrogen (secondary N) is 11. The summed E-state index contributed by atoms with van der Waals surface area (Å²) < 4.78 is 29.8. The first-order chi connectivity index (χ1) is 48.8. The highest BCUT2D eigenvalue weighted by atomic mass is 32.2. The van der Waals surface area contributed by atoms with Crippen LogP contribution in [0.25, 0.3) is 21.8 Å². The van der Waals surface area contributed by atoms with Crippen LogP contribution in [0.3, 0.4) is 0 Å². The number of nitrogens with zero attached hydrogens (tertiary/aromatic N) is 2. The Morgan fingerprint density at radius 3 is 1.82 bits per heavy atom. The Morgan fingerprint density at radius 2 is 1.23 bits per heavy atom. The minimum atomic E-state index is -2.06. The van der Waals surface area contributed by atoms with E-state index in [-0.39, 0.29) is 96.3 Å². The number of phenolic OH excluding ortho intramolecular Hbond substituents is 2. The van der Waals surface area contributed by atoms with E-state index in [4.69, 9.17) is 11.5 Å². The van der Waals surface area contributed by atoms with Crippen LogP contribution in [-0.2, 0) is 89.9 Å². The first kappa shape index (κ1) is 75.7. The maximum absolute atomic E-state index is 15.2. The van der Waals surface area contributed by atoms with Gasteiger partial charge in [0.1, 0.15) is 71.0 Å². The molecule has 0 saturated carbocycles. The number of carboxylic acid groups (broad SMARTS) is 1. The van der Waals surface area contributed by atoms with E-state index in [0.717, 1.165) is 6.07 Å². The summed E-state index contributed by atoms with van der Waals surface area (Å²) in [7, 11) is 0. The lowest BCUT2D eigenvalue weighted by atomic mass is 9.95. The Bertz CT molecular complexity index is 4240. The third kappa shape index (κ3) is 20.6. The largest absolute Gasteiger partial charge is 0.508 e. The number of imidazole rings is 1. The van der Waals surface area contributed by atoms with Crippen LogP contribution in [0.4, 0.5) is 8.78 Å². The van der Waals surface area contributed by atoms with Crippen molar-refractivity contribution >= 4 is 110 Å². The van der Waals surface area contributed by atoms with Gasteiger partial charge in [0, 0.05) is 113 Å². The van der Waals surface area contributed by atoms with Crippen molar-refractivity contribution in [3.63, 3.8) is 0 Å². The zero-order chi connectivity index (χ0) is 73.2. The van der Waals surface area contributed by atoms with Crippen molar-refractivity contribution in [2.45, 2.75) is 137 Å². The number of unbranched alkanes of at least 4 members (excludes halogenated alkanes) is 1. The number of aromatic nitrogens is 4. The fraction of sp³-hybridized carbons (Fsp3) is 0.391. The lowest BCUT2D eigenvalue weighted by Gasteiger charge is -2.37. The molecule has 0 spiro atoms. The second kappa shape index (κ2) is 35.2. The molecule has 1 saturated heterocycles. The van der Waals surface area contributed by atoms with Crippen LogP contribution in [0.5, 0.6) is 11.5 Å². The fourth-order valence-electron chi connectivity index (χ4n) is 12.2. The zero-order valence-electron chi connectivity index (χ0n) is 55.5. The molecule has 0 unspecified atom stereocenters. The number of aliphatic carboxylic acids is 1. The van der Waals surface area contributed by atoms with E-state index in [2.05, 4.69) is 62.5 Å². The number of hydrogen-bond donors (Lipinski definition) is 16. The lowest BCUT2D eigenvalue weighted by molar-refractivity contribution is -0.147. The Labute approximate surface area is 597 Å². The first-order valence-corrected chi connectivity index (χ1v) is 35.3. The second-order valence-electron chi connectivity index (χ2n) is 25.3. The van der Waals surface area contributed by atoms with Crippen molar-refractivity contribution in [1.82, 2.24) is 67.4 Å². The monoisotopic (exact) mass is 1450 g/mol. The minimum Gasteiger partial charge on any atom is -0.508 e. The summed E-state index contributed by atoms with van der Waals surface area (Å²) >= 11 is 2.58. The molecule has 550 valence electrons. The van der Waals surface area contributed by atoms with E-state index in [1.165, 1.54) is 121 Å². The van der Waals surface area contributed by atoms with Gasteiger partial charge in [-0.05, 0) is 134 Å². The average Bonchev–Trinajstić information content (AvgIpc) is 1.60. The smallest absolute Gasteiger partial charge is 0.305 e. The van der Waals surface area contributed by atoms with Gasteiger partial charge < -0.3 is 89.2 Å². The number of halogens is 2. The molecule has 7 aromatic rings. The average molecular weight is 1450 g/mol. The highest BCUT2D eigenvalue weighted by Crippen LogP contribution is 2.32. The molecule has 0 aliphatic carbocycles. The maximum atomic E-state index is 15.2. The standard InChI is InChI=1S/C69H81F2N15O14S2.4H2/c1-69-15-4-17-86(69)67(99)56(22-37-6-10-45(87)11-7-37)84-65(97)54(27-44-31-74-36-78-44)82-66(98)55(28-60(91)92)83-64(96)53(24-41-30-76-50-13-9-43(71)26-48(41)50)81-63(95)52(23-40-29-75-49-12-8-42(70)25-47(40)49)80-59(90)32-77-62(94)51(5-2-3-16-72)79-58(89)14-18-101-33-38-19-39(21-46(88)20-38)34-102-35-57(61(73)93)85-68(69)100;;;;/h6-13,19-21,25-26,29-31,36,51-57,75-76,87-88H,2-5,14-18,22-24,27-28,32-35,72H2,1H3,(H2,73,93)(H,74,78)(H,77,94)(H,79,89)(H,80,90)(H,81,95)(H,82,98)(H,83,96)(H,84,97)(H,85,100)(H,91,92);4*1H/t51-,52-,53-,54-,55-,56-,57-,69-;;;;/m0..../s1. The number of amides is 10. The molecule has 1 fully saturated rings. The van der Waals surface area contributed by atoms with Crippen LogP contribution in [0.2, 0.25) is 0 Å². The summed E-state index contributed by atoms with van der Waals surface area (Å²) in [4.78, 5) is 171. The van der Waals surface area contributed by atoms with Crippen LogP contribution >= 0.6 is 23.5 Å². The molecule has 2 bridgehead atoms. The summed E-state index contributed by atoms with van der Waals surface area (Å²) in [5.41, 5.74) is 13.4. The number of carbonyl (C=O) groups is 11. The summed E-state index contributed by atoms with van der Waals surface area (Å²) in [6, 6.07) is 6.98. The van der Waals surface area contributed by atoms with Crippen molar-refractivity contribution in [3.05, 3.63) is 149 Å². The van der Waals surface area contributed by atoms with Gasteiger partial charge in [0.15, 0.2) is 0 Å². The van der Waals surface area contributed by atoms with Crippen molar-refractivity contribution in [2.75, 3.05) is 31.1 Å². The fourth-order valence-corrected chi connectivity index (χ4v) is 14.1. The molecule has 2 aliphatic heterocycles. The van der Waals surface area contributed by atoms with Gasteiger partial charge >= 0.3 is 5.97 Å². The molecule has 33 heteroatoms. The maximum Gasteiger partial charge on any atom is 0.305 e. The molecule has 3 aromatic heterocycles. The normalized spacial score (nSPS) is 22.6. The van der Waals surface area contributed by atoms with Crippen LogP contribution in [-0.4, -0.2) is 184 Å². The van der Waals surface area contributed by atoms with Crippen LogP contribution in [0, 0.1) is 11.6 Å². The van der Waals surface area contributed by atoms with Crippen LogP contribution in [0.15, 0.2) is 104 Å². The van der Waals surface area contributed by atoms with Crippen molar-refractivity contribution < 1.29 is 82.5 Å². The number of H-pyrrole nitrogens is 3. The number of thioether (sulfide) groups is 2. The summed E-state index contributed by atoms with van der Waals surface area (Å²) in [5.74, 6) is -11.5. The van der Waals surface area contributed by atoms with Crippen LogP contribution in [0.1, 0.15) is 91.1 Å². The lowest BCUT2D eigenvalue weighted by Crippen LogP contribution is -2.63. The van der Waals surface area contributed by atoms with E-state index in [9.17, 15) is 57.7 Å². The molecule has 5 heterocycles. The van der Waals surface area contributed by atoms with Crippen LogP contribution < -0.4 is 54.0 Å². The molecule has 18 N–H and O–H groups in total. The number of aromatic amines is 3. The number of primary amides is 1. The number of fused-ring (bicyclic) bond motifs is 5. The highest BCUT2D eigenvalue weighted by Gasteiger charge is 2.49. The predicted molar refractivity (Wildman–Crippen MR) is 382 cm³/mol. The van der Waals surface area contributed by atoms with Gasteiger partial charge in [-0.1, -0.05) is 18.2 Å². The first-order valence-electron chi connectivity index (χ1n) is 33.0. The van der Waals surface area contributed by atoms with Gasteiger partial charge in [0.05, 0.1) is 19.3 Å². The molecule has 10 amide bonds. The summed E-state index contributed by atoms with van der Waals surface area (Å²) in [6.07, 6.45) is 4.15. The van der Waals surface area contributed by atoms with Crippen molar-refractivity contribution in [3.8, 4) is 11.5 Å². The molecule has 2 aliphatic rings. The Hall–Kier alpha value is -10.5. The quantitative estimate of drug-likeness (QED) is 0.0656. The molecular formula is C69H89F2N15O14S2. The van der Waals surface area contributed by atoms with E-state index >= 15 is 19.2 Å². The third-order valence-corrected chi connectivity index (χ3v) is 19.7. The van der Waals surface area contributed by atoms with Gasteiger partial charge in [-0.25, -0.2) is 13.8 Å². The van der Waals surface area contributed by atoms with E-state index < -0.39 is 157 Å². The van der Waals surface area contributed by atoms with Crippen molar-refractivity contribution in [1.29, 1.82) is 0 Å². The Balaban J connectivity index is 0.00000504. The van der Waals surface area contributed by atoms with Gasteiger partial charge in [0.2, 0.25) is 59.1 Å². The number of carbonyl (C=O) groups excluding carboxylic acids is 10. The summed E-state index contributed by atoms with van der Waals surface area (Å²) in [5, 5.41) is 52.7. The molecule has 0 radical (unpaired) electrons. The minimum absolute atomic E-state index is 0. The van der Waals surface area contributed by atoms with Gasteiger partial charge in [-0.15, -0.1) is 0 Å². The second-order valence-corrected chi connectivity index (χ2v) is 27.4. The van der Waals surface area contributed by atoms with Crippen molar-refractivity contribution in [2.24, 2.45) is 11.5 Å². The number of aromatic hydroxyl groups is 2. The van der Waals surface area contributed by atoms with Gasteiger partial charge in [-0.2, -0.15) is 23.5 Å². The Morgan fingerprint density at radius 1 is 0.647 bits per heavy atom. The number of hydrogen-bond acceptors (Lipinski definition) is 17. The van der Waals surface area contributed by atoms with E-state index in [1.807, 2.05) is 6.07 Å². The number of phenols is 2. The molecule has 4 aromatic carbocycles. The van der Waals surface area contributed by atoms with E-state index in [1.54, 1.807) is 6.07 Å². The molecule has 29 nitrogen and oxygen atoms in total. The van der Waals surface area contributed by atoms with E-state index in [0.29, 0.717) is 57.3 Å². The molecular weight excluding hydrogens is 1360 g/mol. The SMILES string of the molecule is C[C@@]12CCCN1C(=O)[C@H](Cc1ccc(O)cc1)NC(=O)[C@H](Cc1cnc[nH]1)NC(=O)[C@H](CC(=O)O)NC(=O)[C@H](Cc1c[nH]c3ccc(F)cc13)NC(=O)[C@H](Cc1c[nH]c3ccc(F)cc13)NC(=O)CNC(=O)[C@H](CCCCN)NC(=O)CCSCc1cc(O)cc(c1)CSC[C@@H](C(N)=O)NC2=O.[HH].[HH].[HH].[HH]. The number of rotatable bonds is 15. The Kier molecular flexibility index (Phi) is 26.1. The molecule has 102 heavy (non-hydrogen) atoms. The highest BCUT2D eigenvalue weighted by molar-refractivity contribution is 7.98. The molecule has 8 atom stereocenters. The van der Waals surface area contributed by atoms with Gasteiger partial charge in [0.25, 0.3) is 0 Å². The topological polar surface area (TPSA) is 460 Å². The van der Waals surface area contributed by atoms with Gasteiger partial charge in [-0.3, -0.25) is 52.7 Å². The molecule has 9 rings (SSSR count). The third-order valence-electron chi connectivity index (χ3n) is 17.6. The predicted octanol–water partition coefficient (Wildman–Crippen LogP) is 2.87. The number of benzene rings is 4. The zero-order valence-corrected chi connectivity index (χ0v) is 57.2.